The van der Waals surface area contributed by atoms with Crippen LogP contribution in [0.5, 0.6) is 11.5 Å². The molecular formula is C21H21N3O3. The van der Waals surface area contributed by atoms with Crippen LogP contribution in [0.3, 0.4) is 0 Å². The van der Waals surface area contributed by atoms with Crippen LogP contribution in [-0.4, -0.2) is 25.1 Å². The van der Waals surface area contributed by atoms with Gasteiger partial charge in [0.1, 0.15) is 17.2 Å². The minimum absolute atomic E-state index is 0.304. The van der Waals surface area contributed by atoms with Crippen molar-refractivity contribution in [1.29, 1.82) is 0 Å². The van der Waals surface area contributed by atoms with E-state index in [4.69, 9.17) is 9.47 Å². The lowest BCUT2D eigenvalue weighted by atomic mass is 10.2. The van der Waals surface area contributed by atoms with Crippen LogP contribution < -0.4 is 20.1 Å². The van der Waals surface area contributed by atoms with Gasteiger partial charge in [-0.2, -0.15) is 0 Å². The number of ether oxygens (including phenoxy) is 2. The largest absolute Gasteiger partial charge is 0.497 e. The fourth-order valence-corrected chi connectivity index (χ4v) is 2.56. The minimum Gasteiger partial charge on any atom is -0.497 e. The summed E-state index contributed by atoms with van der Waals surface area (Å²) in [6.07, 6.45) is 1.60. The minimum atomic E-state index is -0.329. The van der Waals surface area contributed by atoms with Crippen molar-refractivity contribution in [3.05, 3.63) is 78.1 Å². The fourth-order valence-electron chi connectivity index (χ4n) is 2.56. The number of rotatable bonds is 7. The molecule has 0 fully saturated rings. The zero-order valence-electron chi connectivity index (χ0n) is 15.2. The molecule has 1 heterocycles. The Labute approximate surface area is 158 Å². The number of anilines is 2. The summed E-state index contributed by atoms with van der Waals surface area (Å²) in [7, 11) is 3.11. The van der Waals surface area contributed by atoms with Crippen LogP contribution in [0.15, 0.2) is 66.9 Å². The number of amides is 1. The normalized spacial score (nSPS) is 10.1. The third-order valence-electron chi connectivity index (χ3n) is 3.99. The third-order valence-corrected chi connectivity index (χ3v) is 3.99. The van der Waals surface area contributed by atoms with Gasteiger partial charge in [0, 0.05) is 24.5 Å². The van der Waals surface area contributed by atoms with E-state index in [1.165, 1.54) is 0 Å². The van der Waals surface area contributed by atoms with Crippen molar-refractivity contribution in [3.63, 3.8) is 0 Å². The lowest BCUT2D eigenvalue weighted by Crippen LogP contribution is -2.14. The van der Waals surface area contributed by atoms with Crippen LogP contribution in [0.4, 0.5) is 11.4 Å². The Kier molecular flexibility index (Phi) is 5.89. The van der Waals surface area contributed by atoms with Crippen LogP contribution in [0.2, 0.25) is 0 Å². The molecule has 0 atom stereocenters. The van der Waals surface area contributed by atoms with Gasteiger partial charge in [-0.05, 0) is 29.8 Å². The molecule has 27 heavy (non-hydrogen) atoms. The Morgan fingerprint density at radius 3 is 2.56 bits per heavy atom. The molecule has 3 aromatic rings. The van der Waals surface area contributed by atoms with Crippen molar-refractivity contribution >= 4 is 17.3 Å². The van der Waals surface area contributed by atoms with Crippen molar-refractivity contribution < 1.29 is 14.3 Å². The molecule has 0 radical (unpaired) electrons. The molecule has 6 heteroatoms. The summed E-state index contributed by atoms with van der Waals surface area (Å²) in [4.78, 5) is 16.8. The predicted octanol–water partition coefficient (Wildman–Crippen LogP) is 3.96. The zero-order valence-corrected chi connectivity index (χ0v) is 15.2. The van der Waals surface area contributed by atoms with Gasteiger partial charge >= 0.3 is 0 Å². The van der Waals surface area contributed by atoms with Gasteiger partial charge in [0.15, 0.2) is 0 Å². The van der Waals surface area contributed by atoms with E-state index < -0.39 is 0 Å². The van der Waals surface area contributed by atoms with E-state index in [9.17, 15) is 4.79 Å². The van der Waals surface area contributed by atoms with Gasteiger partial charge in [0.05, 0.1) is 19.9 Å². The molecule has 138 valence electrons. The van der Waals surface area contributed by atoms with E-state index >= 15 is 0 Å². The Hall–Kier alpha value is -3.54. The average molecular weight is 363 g/mol. The van der Waals surface area contributed by atoms with Gasteiger partial charge in [-0.25, -0.2) is 0 Å². The Morgan fingerprint density at radius 2 is 1.81 bits per heavy atom. The van der Waals surface area contributed by atoms with Crippen LogP contribution in [0, 0.1) is 0 Å². The highest BCUT2D eigenvalue weighted by atomic mass is 16.5. The van der Waals surface area contributed by atoms with E-state index in [-0.39, 0.29) is 5.91 Å². The summed E-state index contributed by atoms with van der Waals surface area (Å²) in [5, 5.41) is 6.12. The number of hydrogen-bond acceptors (Lipinski definition) is 5. The number of aromatic nitrogens is 1. The summed E-state index contributed by atoms with van der Waals surface area (Å²) in [5.74, 6) is 0.838. The maximum Gasteiger partial charge on any atom is 0.274 e. The highest BCUT2D eigenvalue weighted by Crippen LogP contribution is 2.29. The second kappa shape index (κ2) is 8.71. The first-order valence-electron chi connectivity index (χ1n) is 8.47. The summed E-state index contributed by atoms with van der Waals surface area (Å²) in [6, 6.07) is 18.8. The first-order chi connectivity index (χ1) is 13.2. The number of hydrogen-bond donors (Lipinski definition) is 2. The molecule has 2 N–H and O–H groups in total. The Balaban J connectivity index is 1.72. The number of carbonyl (C=O) groups is 1. The summed E-state index contributed by atoms with van der Waals surface area (Å²) in [5.41, 5.74) is 2.79. The van der Waals surface area contributed by atoms with Crippen molar-refractivity contribution in [2.45, 2.75) is 6.54 Å². The highest BCUT2D eigenvalue weighted by Gasteiger charge is 2.12. The molecule has 0 bridgehead atoms. The van der Waals surface area contributed by atoms with Gasteiger partial charge in [0.2, 0.25) is 0 Å². The molecular weight excluding hydrogens is 342 g/mol. The van der Waals surface area contributed by atoms with Gasteiger partial charge in [-0.15, -0.1) is 0 Å². The topological polar surface area (TPSA) is 72.5 Å². The van der Waals surface area contributed by atoms with Gasteiger partial charge in [0.25, 0.3) is 5.91 Å². The molecule has 0 aliphatic carbocycles. The monoisotopic (exact) mass is 363 g/mol. The standard InChI is InChI=1S/C21H21N3O3/c1-26-17-8-9-20(27-2)18(13-17)24-21(25)19-12-16(10-11-22-19)23-14-15-6-4-3-5-7-15/h3-13H,14H2,1-2H3,(H,22,23)(H,24,25). The van der Waals surface area contributed by atoms with Crippen molar-refractivity contribution in [3.8, 4) is 11.5 Å². The highest BCUT2D eigenvalue weighted by molar-refractivity contribution is 6.04. The molecule has 1 amide bonds. The maximum atomic E-state index is 12.6. The molecule has 0 unspecified atom stereocenters. The number of benzene rings is 2. The molecule has 0 aliphatic heterocycles. The number of pyridine rings is 1. The van der Waals surface area contributed by atoms with Gasteiger partial charge < -0.3 is 20.1 Å². The molecule has 0 saturated carbocycles. The molecule has 3 rings (SSSR count). The smallest absolute Gasteiger partial charge is 0.274 e. The van der Waals surface area contributed by atoms with Crippen LogP contribution in [-0.2, 0) is 6.54 Å². The summed E-state index contributed by atoms with van der Waals surface area (Å²) < 4.78 is 10.5. The van der Waals surface area contributed by atoms with Crippen molar-refractivity contribution in [2.24, 2.45) is 0 Å². The second-order valence-electron chi connectivity index (χ2n) is 5.79. The van der Waals surface area contributed by atoms with Gasteiger partial charge in [-0.3, -0.25) is 9.78 Å². The maximum absolute atomic E-state index is 12.6. The first-order valence-corrected chi connectivity index (χ1v) is 8.47. The van der Waals surface area contributed by atoms with Crippen LogP contribution in [0.1, 0.15) is 16.1 Å². The number of carbonyl (C=O) groups excluding carboxylic acids is 1. The van der Waals surface area contributed by atoms with Gasteiger partial charge in [-0.1, -0.05) is 30.3 Å². The quantitative estimate of drug-likeness (QED) is 0.665. The Bertz CT molecular complexity index is 914. The molecule has 0 aliphatic rings. The summed E-state index contributed by atoms with van der Waals surface area (Å²) in [6.45, 7) is 0.662. The van der Waals surface area contributed by atoms with E-state index in [0.717, 1.165) is 11.3 Å². The lowest BCUT2D eigenvalue weighted by molar-refractivity contribution is 0.102. The van der Waals surface area contributed by atoms with E-state index in [2.05, 4.69) is 15.6 Å². The van der Waals surface area contributed by atoms with E-state index in [1.807, 2.05) is 36.4 Å². The average Bonchev–Trinajstić information content (AvgIpc) is 2.73. The molecule has 0 spiro atoms. The zero-order chi connectivity index (χ0) is 19.1. The molecule has 1 aromatic heterocycles. The first kappa shape index (κ1) is 18.3. The SMILES string of the molecule is COc1ccc(OC)c(NC(=O)c2cc(NCc3ccccc3)ccn2)c1. The predicted molar refractivity (Wildman–Crippen MR) is 106 cm³/mol. The number of nitrogens with zero attached hydrogens (tertiary/aromatic N) is 1. The fraction of sp³-hybridized carbons (Fsp3) is 0.143. The second-order valence-corrected chi connectivity index (χ2v) is 5.79. The molecule has 2 aromatic carbocycles. The van der Waals surface area contributed by atoms with Crippen LogP contribution in [0.25, 0.3) is 0 Å². The van der Waals surface area contributed by atoms with Crippen molar-refractivity contribution in [1.82, 2.24) is 4.98 Å². The lowest BCUT2D eigenvalue weighted by Gasteiger charge is -2.12. The van der Waals surface area contributed by atoms with Crippen LogP contribution >= 0.6 is 0 Å². The van der Waals surface area contributed by atoms with Crippen molar-refractivity contribution in [2.75, 3.05) is 24.9 Å². The number of nitrogens with one attached hydrogen (secondary N) is 2. The molecule has 0 saturated heterocycles. The molecule has 6 nitrogen and oxygen atoms in total. The number of methoxy groups -OCH3 is 2. The van der Waals surface area contributed by atoms with E-state index in [1.54, 1.807) is 44.7 Å². The van der Waals surface area contributed by atoms with E-state index in [0.29, 0.717) is 29.4 Å². The summed E-state index contributed by atoms with van der Waals surface area (Å²) >= 11 is 0. The third kappa shape index (κ3) is 4.76. The Morgan fingerprint density at radius 1 is 1.00 bits per heavy atom.